The maximum atomic E-state index is 14.0. The lowest BCUT2D eigenvalue weighted by atomic mass is 9.49. The van der Waals surface area contributed by atoms with Crippen molar-refractivity contribution >= 4 is 52.3 Å². The third-order valence-electron chi connectivity index (χ3n) is 12.4. The molecule has 3 atom stereocenters. The lowest BCUT2D eigenvalue weighted by Crippen LogP contribution is -2.74. The number of aliphatic hydroxyl groups excluding tert-OH is 1. The van der Waals surface area contributed by atoms with Crippen LogP contribution < -0.4 is 30.5 Å². The summed E-state index contributed by atoms with van der Waals surface area (Å²) in [4.78, 5) is 65.1. The lowest BCUT2D eigenvalue weighted by Gasteiger charge is -2.63. The van der Waals surface area contributed by atoms with Crippen molar-refractivity contribution in [3.8, 4) is 28.0 Å². The Hall–Kier alpha value is -5.80. The Bertz CT molecular complexity index is 2430. The van der Waals surface area contributed by atoms with Crippen LogP contribution in [0.1, 0.15) is 89.5 Å². The number of ether oxygens (including phenoxy) is 3. The monoisotopic (exact) mass is 956 g/mol. The maximum absolute atomic E-state index is 14.0. The van der Waals surface area contributed by atoms with E-state index in [9.17, 15) is 29.5 Å². The van der Waals surface area contributed by atoms with Crippen LogP contribution in [0.4, 0.5) is 5.69 Å². The van der Waals surface area contributed by atoms with Gasteiger partial charge in [-0.2, -0.15) is 5.26 Å². The number of unbranched alkanes of at least 4 members (excludes halogenated alkanes) is 1. The van der Waals surface area contributed by atoms with Crippen molar-refractivity contribution in [3.05, 3.63) is 88.3 Å². The van der Waals surface area contributed by atoms with Gasteiger partial charge in [0.05, 0.1) is 51.3 Å². The Kier molecular flexibility index (Phi) is 15.9. The predicted octanol–water partition coefficient (Wildman–Crippen LogP) is 6.49. The van der Waals surface area contributed by atoms with Gasteiger partial charge in [0.25, 0.3) is 11.8 Å². The number of β-amino-alcohol motifs (C(OH)–C–C–N with tert-alkyl or cyclic N) is 1. The fraction of sp³-hybridized carbons (Fsp3) is 0.490. The van der Waals surface area contributed by atoms with E-state index in [-0.39, 0.29) is 49.9 Å². The molecule has 2 aromatic heterocycles. The van der Waals surface area contributed by atoms with Crippen LogP contribution in [0.5, 0.6) is 11.5 Å². The molecular weight excluding hydrogens is 896 g/mol. The molecule has 0 bridgehead atoms. The predicted molar refractivity (Wildman–Crippen MR) is 256 cm³/mol. The average Bonchev–Trinajstić information content (AvgIpc) is 3.90. The number of aryl methyl sites for hydroxylation is 1. The number of aromatic nitrogens is 2. The van der Waals surface area contributed by atoms with Crippen molar-refractivity contribution in [1.82, 2.24) is 30.9 Å². The number of nitriles is 1. The molecular formula is C49H61ClN8O8S. The zero-order chi connectivity index (χ0) is 48.8. The summed E-state index contributed by atoms with van der Waals surface area (Å²) < 4.78 is 17.8. The first kappa shape index (κ1) is 50.6. The molecule has 1 aliphatic carbocycles. The molecule has 1 unspecified atom stereocenters. The van der Waals surface area contributed by atoms with Crippen molar-refractivity contribution in [1.29, 1.82) is 5.26 Å². The highest BCUT2D eigenvalue weighted by molar-refractivity contribution is 7.13. The van der Waals surface area contributed by atoms with Crippen LogP contribution >= 0.6 is 22.9 Å². The average molecular weight is 958 g/mol. The minimum atomic E-state index is -0.991. The van der Waals surface area contributed by atoms with Gasteiger partial charge in [0.15, 0.2) is 0 Å². The summed E-state index contributed by atoms with van der Waals surface area (Å²) in [5.74, 6) is -0.670. The second-order valence-electron chi connectivity index (χ2n) is 19.4. The summed E-state index contributed by atoms with van der Waals surface area (Å²) >= 11 is 7.78. The minimum Gasteiger partial charge on any atom is -0.492 e. The summed E-state index contributed by atoms with van der Waals surface area (Å²) in [6.07, 6.45) is 1.61. The molecule has 358 valence electrons. The molecule has 4 amide bonds. The summed E-state index contributed by atoms with van der Waals surface area (Å²) in [6.45, 7) is 15.8. The number of anilines is 1. The molecule has 2 aliphatic rings. The number of benzene rings is 2. The van der Waals surface area contributed by atoms with Gasteiger partial charge in [0.1, 0.15) is 48.1 Å². The quantitative estimate of drug-likeness (QED) is 0.0624. The number of aliphatic hydroxyl groups is 1. The molecule has 2 fully saturated rings. The van der Waals surface area contributed by atoms with E-state index in [1.54, 1.807) is 59.2 Å². The number of carbonyl (C=O) groups excluding carboxylic acids is 4. The van der Waals surface area contributed by atoms with Crippen LogP contribution in [0.3, 0.4) is 0 Å². The van der Waals surface area contributed by atoms with E-state index in [0.717, 1.165) is 21.8 Å². The SMILES string of the molecule is Cc1ncsc1-c1ccc(N(C)NC(=O)[C@@H]2C[C@@H](O)CN2C(=O)C(NC(=O)COCCCCOc2ccc(C(=O)NC3C(C)(C)C(Oc4ccc(C#N)c(Cl)c4)C3(C)C)nc2)C(C)(C)C)cc1. The molecule has 0 radical (unpaired) electrons. The Balaban J connectivity index is 0.906. The van der Waals surface area contributed by atoms with Crippen molar-refractivity contribution < 1.29 is 38.5 Å². The van der Waals surface area contributed by atoms with Gasteiger partial charge in [-0.15, -0.1) is 11.3 Å². The third kappa shape index (κ3) is 11.8. The van der Waals surface area contributed by atoms with E-state index in [1.165, 1.54) is 11.1 Å². The van der Waals surface area contributed by atoms with Gasteiger partial charge in [0.2, 0.25) is 11.8 Å². The van der Waals surface area contributed by atoms with Crippen LogP contribution in [0.15, 0.2) is 66.3 Å². The highest BCUT2D eigenvalue weighted by Gasteiger charge is 2.64. The second-order valence-corrected chi connectivity index (χ2v) is 20.7. The summed E-state index contributed by atoms with van der Waals surface area (Å²) in [5, 5.41) is 27.7. The number of hydrogen-bond donors (Lipinski definition) is 4. The first-order valence-corrected chi connectivity index (χ1v) is 23.5. The summed E-state index contributed by atoms with van der Waals surface area (Å²) in [5.41, 5.74) is 6.37. The smallest absolute Gasteiger partial charge is 0.270 e. The molecule has 16 nitrogen and oxygen atoms in total. The Morgan fingerprint density at radius 3 is 2.31 bits per heavy atom. The van der Waals surface area contributed by atoms with Crippen LogP contribution in [0, 0.1) is 34.5 Å². The Labute approximate surface area is 401 Å². The zero-order valence-corrected chi connectivity index (χ0v) is 41.1. The largest absolute Gasteiger partial charge is 0.492 e. The van der Waals surface area contributed by atoms with Crippen molar-refractivity contribution in [2.45, 2.75) is 105 Å². The van der Waals surface area contributed by atoms with E-state index < -0.39 is 52.2 Å². The number of amides is 4. The van der Waals surface area contributed by atoms with E-state index in [0.29, 0.717) is 41.5 Å². The van der Waals surface area contributed by atoms with Crippen molar-refractivity contribution in [2.24, 2.45) is 16.2 Å². The maximum Gasteiger partial charge on any atom is 0.270 e. The fourth-order valence-electron chi connectivity index (χ4n) is 9.10. The number of pyridine rings is 1. The number of hydrazine groups is 1. The molecule has 4 aromatic rings. The molecule has 2 aromatic carbocycles. The third-order valence-corrected chi connectivity index (χ3v) is 13.7. The summed E-state index contributed by atoms with van der Waals surface area (Å²) in [7, 11) is 1.70. The van der Waals surface area contributed by atoms with Gasteiger partial charge in [-0.3, -0.25) is 29.6 Å². The Morgan fingerprint density at radius 1 is 1.01 bits per heavy atom. The van der Waals surface area contributed by atoms with Crippen LogP contribution in [-0.2, 0) is 19.1 Å². The van der Waals surface area contributed by atoms with E-state index in [2.05, 4.69) is 26.0 Å². The van der Waals surface area contributed by atoms with Gasteiger partial charge in [0, 0.05) is 49.6 Å². The first-order valence-electron chi connectivity index (χ1n) is 22.3. The molecule has 4 N–H and O–H groups in total. The van der Waals surface area contributed by atoms with Crippen LogP contribution in [0.2, 0.25) is 5.02 Å². The number of nitrogens with zero attached hydrogens (tertiary/aromatic N) is 5. The number of hydrogen-bond acceptors (Lipinski definition) is 13. The van der Waals surface area contributed by atoms with Crippen LogP contribution in [0.25, 0.3) is 10.4 Å². The molecule has 1 saturated carbocycles. The molecule has 18 heteroatoms. The first-order chi connectivity index (χ1) is 31.6. The lowest BCUT2D eigenvalue weighted by molar-refractivity contribution is -0.164. The van der Waals surface area contributed by atoms with E-state index in [1.807, 2.05) is 85.7 Å². The van der Waals surface area contributed by atoms with Crippen molar-refractivity contribution in [3.63, 3.8) is 0 Å². The number of carbonyl (C=O) groups is 4. The number of rotatable bonds is 18. The van der Waals surface area contributed by atoms with Gasteiger partial charge in [-0.05, 0) is 67.1 Å². The van der Waals surface area contributed by atoms with Gasteiger partial charge in [-0.25, -0.2) is 9.97 Å². The zero-order valence-electron chi connectivity index (χ0n) is 39.5. The number of halogens is 1. The van der Waals surface area contributed by atoms with Crippen LogP contribution in [-0.4, -0.2) is 107 Å². The molecule has 1 aliphatic heterocycles. The van der Waals surface area contributed by atoms with E-state index in [4.69, 9.17) is 25.8 Å². The number of likely N-dealkylation sites (tertiary alicyclic amines) is 1. The number of thiazole rings is 1. The normalized spacial score (nSPS) is 19.9. The molecule has 67 heavy (non-hydrogen) atoms. The van der Waals surface area contributed by atoms with Gasteiger partial charge < -0.3 is 34.9 Å². The minimum absolute atomic E-state index is 0.0470. The highest BCUT2D eigenvalue weighted by Crippen LogP contribution is 2.55. The van der Waals surface area contributed by atoms with Gasteiger partial charge >= 0.3 is 0 Å². The number of nitrogens with one attached hydrogen (secondary N) is 3. The summed E-state index contributed by atoms with van der Waals surface area (Å²) in [6, 6.07) is 15.8. The molecule has 0 spiro atoms. The van der Waals surface area contributed by atoms with Crippen molar-refractivity contribution in [2.75, 3.05) is 38.4 Å². The van der Waals surface area contributed by atoms with Gasteiger partial charge in [-0.1, -0.05) is 72.2 Å². The standard InChI is InChI=1S/C49H61ClN8O8S/c1-29-40(67-28-53-29)30-12-15-32(16-13-30)57(9)56-43(62)38-22-33(59)26-58(38)44(63)41(47(2,3)4)54-39(60)27-64-20-10-11-21-65-35-18-19-37(52-25-35)42(61)55-45-48(5,6)46(49(45,7)8)66-34-17-14-31(24-51)36(50)23-34/h12-19,23,25,28,33,38,41,45-46,59H,10-11,20-22,26-27H2,1-9H3,(H,54,60)(H,55,61)(H,56,62)/t33-,38+,41?,45?,46?/m1/s1. The topological polar surface area (TPSA) is 208 Å². The van der Waals surface area contributed by atoms with E-state index >= 15 is 0 Å². The second kappa shape index (κ2) is 21.0. The molecule has 3 heterocycles. The molecule has 1 saturated heterocycles. The highest BCUT2D eigenvalue weighted by atomic mass is 35.5. The fourth-order valence-corrected chi connectivity index (χ4v) is 10.1. The molecule has 6 rings (SSSR count). The Morgan fingerprint density at radius 2 is 1.70 bits per heavy atom.